The van der Waals surface area contributed by atoms with Gasteiger partial charge in [0.15, 0.2) is 0 Å². The largest absolute Gasteiger partial charge is 0.416 e. The highest BCUT2D eigenvalue weighted by molar-refractivity contribution is 6.10. The molecule has 5 rings (SSSR count). The molecule has 0 spiro atoms. The SMILES string of the molecule is [CH2]c1cc2c(c(C(F)(F)F)c1)CN(c1cccc(C(c3nncn3C)C3CCOC3)c1)C2=O. The van der Waals surface area contributed by atoms with Gasteiger partial charge < -0.3 is 14.2 Å². The molecule has 2 aliphatic rings. The standard InChI is InChI=1S/C24H22F3N4O2/c1-14-8-18-19(20(9-14)24(25,26)27)11-31(23(18)32)17-5-3-4-15(10-17)21(16-6-7-33-12-16)22-29-28-13-30(22)2/h3-5,8-10,13,16,21H,1,6-7,11-12H2,2H3. The summed E-state index contributed by atoms with van der Waals surface area (Å²) in [6, 6.07) is 9.79. The van der Waals surface area contributed by atoms with Crippen LogP contribution in [0.5, 0.6) is 0 Å². The van der Waals surface area contributed by atoms with Crippen LogP contribution in [0.2, 0.25) is 0 Å². The van der Waals surface area contributed by atoms with E-state index in [-0.39, 0.29) is 35.1 Å². The highest BCUT2D eigenvalue weighted by Crippen LogP contribution is 2.41. The van der Waals surface area contributed by atoms with Crippen LogP contribution in [-0.2, 0) is 24.5 Å². The summed E-state index contributed by atoms with van der Waals surface area (Å²) < 4.78 is 48.4. The van der Waals surface area contributed by atoms with Crippen LogP contribution in [0.25, 0.3) is 0 Å². The van der Waals surface area contributed by atoms with Gasteiger partial charge in [-0.05, 0) is 60.2 Å². The number of anilines is 1. The van der Waals surface area contributed by atoms with Gasteiger partial charge in [-0.3, -0.25) is 4.79 Å². The van der Waals surface area contributed by atoms with Gasteiger partial charge in [-0.2, -0.15) is 13.2 Å². The Morgan fingerprint density at radius 2 is 2.06 bits per heavy atom. The van der Waals surface area contributed by atoms with Crippen LogP contribution in [0.1, 0.15) is 50.8 Å². The Labute approximate surface area is 189 Å². The number of benzene rings is 2. The molecule has 0 aliphatic carbocycles. The lowest BCUT2D eigenvalue weighted by atomic mass is 9.84. The highest BCUT2D eigenvalue weighted by Gasteiger charge is 2.40. The summed E-state index contributed by atoms with van der Waals surface area (Å²) in [5, 5.41) is 8.32. The van der Waals surface area contributed by atoms with Crippen LogP contribution < -0.4 is 4.90 Å². The van der Waals surface area contributed by atoms with Crippen molar-refractivity contribution in [1.82, 2.24) is 14.8 Å². The quantitative estimate of drug-likeness (QED) is 0.587. The van der Waals surface area contributed by atoms with Gasteiger partial charge in [-0.1, -0.05) is 12.1 Å². The van der Waals surface area contributed by atoms with Crippen LogP contribution in [-0.4, -0.2) is 33.9 Å². The molecule has 1 amide bonds. The minimum absolute atomic E-state index is 0.0145. The van der Waals surface area contributed by atoms with E-state index >= 15 is 0 Å². The monoisotopic (exact) mass is 455 g/mol. The number of fused-ring (bicyclic) bond motifs is 1. The van der Waals surface area contributed by atoms with Crippen molar-refractivity contribution < 1.29 is 22.7 Å². The van der Waals surface area contributed by atoms with E-state index in [1.807, 2.05) is 29.8 Å². The van der Waals surface area contributed by atoms with Gasteiger partial charge in [0.2, 0.25) is 0 Å². The maximum Gasteiger partial charge on any atom is 0.416 e. The summed E-state index contributed by atoms with van der Waals surface area (Å²) >= 11 is 0. The number of alkyl halides is 3. The first kappa shape index (κ1) is 21.6. The molecule has 2 unspecified atom stereocenters. The summed E-state index contributed by atoms with van der Waals surface area (Å²) in [6.45, 7) is 4.72. The number of aromatic nitrogens is 3. The molecule has 1 radical (unpaired) electrons. The topological polar surface area (TPSA) is 60.3 Å². The van der Waals surface area contributed by atoms with Crippen molar-refractivity contribution in [3.63, 3.8) is 0 Å². The first-order valence-corrected chi connectivity index (χ1v) is 10.6. The molecule has 9 heteroatoms. The van der Waals surface area contributed by atoms with E-state index in [0.717, 1.165) is 23.9 Å². The zero-order valence-corrected chi connectivity index (χ0v) is 18.0. The van der Waals surface area contributed by atoms with Crippen LogP contribution in [0.15, 0.2) is 42.7 Å². The van der Waals surface area contributed by atoms with E-state index in [1.165, 1.54) is 11.0 Å². The third-order valence-electron chi connectivity index (χ3n) is 6.41. The van der Waals surface area contributed by atoms with Gasteiger partial charge in [-0.15, -0.1) is 10.2 Å². The van der Waals surface area contributed by atoms with Gasteiger partial charge in [0.05, 0.1) is 18.7 Å². The molecule has 1 fully saturated rings. The Bertz CT molecular complexity index is 1210. The molecular weight excluding hydrogens is 433 g/mol. The second-order valence-electron chi connectivity index (χ2n) is 8.55. The lowest BCUT2D eigenvalue weighted by Gasteiger charge is -2.24. The average molecular weight is 455 g/mol. The van der Waals surface area contributed by atoms with Crippen LogP contribution >= 0.6 is 0 Å². The van der Waals surface area contributed by atoms with Gasteiger partial charge in [-0.25, -0.2) is 0 Å². The van der Waals surface area contributed by atoms with Gasteiger partial charge in [0.1, 0.15) is 12.2 Å². The Balaban J connectivity index is 1.54. The zero-order valence-electron chi connectivity index (χ0n) is 18.0. The number of carbonyl (C=O) groups is 1. The molecule has 0 saturated carbocycles. The number of halogens is 3. The molecule has 6 nitrogen and oxygen atoms in total. The summed E-state index contributed by atoms with van der Waals surface area (Å²) in [4.78, 5) is 14.5. The maximum absolute atomic E-state index is 13.6. The second kappa shape index (κ2) is 7.98. The van der Waals surface area contributed by atoms with Crippen molar-refractivity contribution in [1.29, 1.82) is 0 Å². The number of nitrogens with zero attached hydrogens (tertiary/aromatic N) is 4. The average Bonchev–Trinajstić information content (AvgIpc) is 3.50. The van der Waals surface area contributed by atoms with E-state index in [9.17, 15) is 18.0 Å². The Kier molecular flexibility index (Phi) is 5.23. The van der Waals surface area contributed by atoms with Gasteiger partial charge in [0, 0.05) is 30.8 Å². The molecule has 2 aromatic carbocycles. The minimum atomic E-state index is -4.56. The predicted molar refractivity (Wildman–Crippen MR) is 115 cm³/mol. The summed E-state index contributed by atoms with van der Waals surface area (Å²) in [7, 11) is 1.87. The van der Waals surface area contributed by atoms with E-state index in [2.05, 4.69) is 17.1 Å². The van der Waals surface area contributed by atoms with Crippen LogP contribution in [0.4, 0.5) is 18.9 Å². The fourth-order valence-corrected chi connectivity index (χ4v) is 4.84. The number of rotatable bonds is 4. The molecule has 2 atom stereocenters. The third-order valence-corrected chi connectivity index (χ3v) is 6.41. The number of carbonyl (C=O) groups excluding carboxylic acids is 1. The third kappa shape index (κ3) is 3.80. The van der Waals surface area contributed by atoms with Crippen molar-refractivity contribution in [2.45, 2.75) is 25.1 Å². The van der Waals surface area contributed by atoms with E-state index in [1.54, 1.807) is 12.4 Å². The smallest absolute Gasteiger partial charge is 0.381 e. The first-order chi connectivity index (χ1) is 15.7. The van der Waals surface area contributed by atoms with Crippen molar-refractivity contribution in [3.05, 3.63) is 83.3 Å². The fourth-order valence-electron chi connectivity index (χ4n) is 4.84. The molecule has 2 aliphatic heterocycles. The Hall–Kier alpha value is -3.20. The molecule has 33 heavy (non-hydrogen) atoms. The molecule has 1 aromatic heterocycles. The Morgan fingerprint density at radius 1 is 1.24 bits per heavy atom. The second-order valence-corrected chi connectivity index (χ2v) is 8.55. The number of ether oxygens (including phenoxy) is 1. The molecule has 3 heterocycles. The maximum atomic E-state index is 13.6. The summed E-state index contributed by atoms with van der Waals surface area (Å²) in [5.41, 5.74) is 0.842. The molecular formula is C24H22F3N4O2. The molecule has 3 aromatic rings. The molecule has 0 bridgehead atoms. The highest BCUT2D eigenvalue weighted by atomic mass is 19.4. The lowest BCUT2D eigenvalue weighted by molar-refractivity contribution is -0.138. The van der Waals surface area contributed by atoms with Crippen molar-refractivity contribution in [3.8, 4) is 0 Å². The van der Waals surface area contributed by atoms with Crippen LogP contribution in [0, 0.1) is 12.8 Å². The van der Waals surface area contributed by atoms with Gasteiger partial charge in [0.25, 0.3) is 5.91 Å². The van der Waals surface area contributed by atoms with Gasteiger partial charge >= 0.3 is 6.18 Å². The van der Waals surface area contributed by atoms with E-state index < -0.39 is 17.6 Å². The van der Waals surface area contributed by atoms with E-state index in [0.29, 0.717) is 18.9 Å². The number of aryl methyl sites for hydroxylation is 1. The zero-order chi connectivity index (χ0) is 23.3. The normalized spacial score (nSPS) is 19.2. The molecule has 1 saturated heterocycles. The minimum Gasteiger partial charge on any atom is -0.381 e. The van der Waals surface area contributed by atoms with Crippen molar-refractivity contribution >= 4 is 11.6 Å². The number of amides is 1. The number of hydrogen-bond acceptors (Lipinski definition) is 4. The Morgan fingerprint density at radius 3 is 2.73 bits per heavy atom. The molecule has 171 valence electrons. The van der Waals surface area contributed by atoms with Crippen molar-refractivity contribution in [2.24, 2.45) is 13.0 Å². The van der Waals surface area contributed by atoms with Crippen molar-refractivity contribution in [2.75, 3.05) is 18.1 Å². The summed E-state index contributed by atoms with van der Waals surface area (Å²) in [6.07, 6.45) is -2.07. The summed E-state index contributed by atoms with van der Waals surface area (Å²) in [5.74, 6) is 0.384. The number of hydrogen-bond donors (Lipinski definition) is 0. The molecule has 0 N–H and O–H groups in total. The first-order valence-electron chi connectivity index (χ1n) is 10.6. The van der Waals surface area contributed by atoms with Crippen LogP contribution in [0.3, 0.4) is 0 Å². The van der Waals surface area contributed by atoms with E-state index in [4.69, 9.17) is 4.74 Å². The fraction of sp³-hybridized carbons (Fsp3) is 0.333. The predicted octanol–water partition coefficient (Wildman–Crippen LogP) is 4.34. The lowest BCUT2D eigenvalue weighted by Crippen LogP contribution is -2.24.